The number of anilines is 2. The molecule has 7 nitrogen and oxygen atoms in total. The van der Waals surface area contributed by atoms with Crippen LogP contribution >= 0.6 is 0 Å². The van der Waals surface area contributed by atoms with Gasteiger partial charge in [-0.3, -0.25) is 14.4 Å². The second-order valence-electron chi connectivity index (χ2n) is 6.05. The lowest BCUT2D eigenvalue weighted by molar-refractivity contribution is -0.123. The lowest BCUT2D eigenvalue weighted by atomic mass is 9.88. The molecule has 1 saturated carbocycles. The number of benzene rings is 1. The Morgan fingerprint density at radius 2 is 1.80 bits per heavy atom. The molecule has 8 heteroatoms. The van der Waals surface area contributed by atoms with E-state index < -0.39 is 17.6 Å². The Morgan fingerprint density at radius 3 is 2.48 bits per heavy atom. The van der Waals surface area contributed by atoms with Gasteiger partial charge >= 0.3 is 0 Å². The summed E-state index contributed by atoms with van der Waals surface area (Å²) in [5.41, 5.74) is 5.48. The van der Waals surface area contributed by atoms with Crippen LogP contribution < -0.4 is 21.7 Å². The van der Waals surface area contributed by atoms with Gasteiger partial charge in [0, 0.05) is 11.6 Å². The highest BCUT2D eigenvalue weighted by molar-refractivity contribution is 5.96. The third-order valence-corrected chi connectivity index (χ3v) is 4.12. The minimum absolute atomic E-state index is 0.0272. The molecule has 0 unspecified atom stereocenters. The zero-order valence-electron chi connectivity index (χ0n) is 13.9. The van der Waals surface area contributed by atoms with Gasteiger partial charge in [-0.25, -0.2) is 4.39 Å². The molecule has 0 atom stereocenters. The van der Waals surface area contributed by atoms with Gasteiger partial charge in [0.15, 0.2) is 0 Å². The van der Waals surface area contributed by atoms with Gasteiger partial charge in [-0.2, -0.15) is 0 Å². The molecule has 3 amide bonds. The lowest BCUT2D eigenvalue weighted by Crippen LogP contribution is -2.36. The molecule has 1 aliphatic rings. The number of carbonyl (C=O) groups excluding carboxylic acids is 3. The maximum absolute atomic E-state index is 13.9. The SMILES string of the molecule is NCC(=O)NCC(=O)Nc1ccc(F)c(NC(=O)C2CCCCC2)c1. The molecule has 0 aliphatic heterocycles. The fourth-order valence-corrected chi connectivity index (χ4v) is 2.75. The second kappa shape index (κ2) is 9.12. The maximum atomic E-state index is 13.9. The summed E-state index contributed by atoms with van der Waals surface area (Å²) in [7, 11) is 0. The molecule has 1 aliphatic carbocycles. The third kappa shape index (κ3) is 5.82. The first-order chi connectivity index (χ1) is 12.0. The molecule has 0 aromatic heterocycles. The first-order valence-corrected chi connectivity index (χ1v) is 8.36. The smallest absolute Gasteiger partial charge is 0.243 e. The summed E-state index contributed by atoms with van der Waals surface area (Å²) in [6, 6.07) is 3.91. The predicted molar refractivity (Wildman–Crippen MR) is 92.3 cm³/mol. The van der Waals surface area contributed by atoms with Gasteiger partial charge in [-0.1, -0.05) is 19.3 Å². The molecule has 136 valence electrons. The lowest BCUT2D eigenvalue weighted by Gasteiger charge is -2.21. The van der Waals surface area contributed by atoms with Gasteiger partial charge in [-0.05, 0) is 31.0 Å². The monoisotopic (exact) mass is 350 g/mol. The first-order valence-electron chi connectivity index (χ1n) is 8.36. The minimum atomic E-state index is -0.571. The van der Waals surface area contributed by atoms with Crippen LogP contribution in [0.2, 0.25) is 0 Å². The quantitative estimate of drug-likeness (QED) is 0.620. The van der Waals surface area contributed by atoms with E-state index in [1.54, 1.807) is 0 Å². The van der Waals surface area contributed by atoms with Crippen molar-refractivity contribution in [3.63, 3.8) is 0 Å². The number of nitrogens with one attached hydrogen (secondary N) is 3. The highest BCUT2D eigenvalue weighted by Gasteiger charge is 2.22. The zero-order chi connectivity index (χ0) is 18.2. The van der Waals surface area contributed by atoms with E-state index in [0.29, 0.717) is 5.69 Å². The largest absolute Gasteiger partial charge is 0.346 e. The van der Waals surface area contributed by atoms with Crippen molar-refractivity contribution in [1.82, 2.24) is 5.32 Å². The first kappa shape index (κ1) is 18.9. The van der Waals surface area contributed by atoms with Gasteiger partial charge in [0.1, 0.15) is 5.82 Å². The van der Waals surface area contributed by atoms with Gasteiger partial charge in [0.25, 0.3) is 0 Å². The molecule has 25 heavy (non-hydrogen) atoms. The standard InChI is InChI=1S/C17H23FN4O3/c18-13-7-6-12(21-16(24)10-20-15(23)9-19)8-14(13)22-17(25)11-4-2-1-3-5-11/h6-8,11H,1-5,9-10,19H2,(H,20,23)(H,21,24)(H,22,25). The Bertz CT molecular complexity index is 645. The fourth-order valence-electron chi connectivity index (χ4n) is 2.75. The van der Waals surface area contributed by atoms with E-state index in [1.165, 1.54) is 18.2 Å². The second-order valence-corrected chi connectivity index (χ2v) is 6.05. The van der Waals surface area contributed by atoms with Crippen LogP contribution in [-0.2, 0) is 14.4 Å². The van der Waals surface area contributed by atoms with E-state index in [4.69, 9.17) is 5.73 Å². The minimum Gasteiger partial charge on any atom is -0.346 e. The summed E-state index contributed by atoms with van der Waals surface area (Å²) in [6.07, 6.45) is 4.76. The van der Waals surface area contributed by atoms with Crippen molar-refractivity contribution in [2.24, 2.45) is 11.7 Å². The molecule has 1 fully saturated rings. The average molecular weight is 350 g/mol. The summed E-state index contributed by atoms with van der Waals surface area (Å²) in [5, 5.41) is 7.46. The molecule has 1 aromatic carbocycles. The zero-order valence-corrected chi connectivity index (χ0v) is 13.9. The van der Waals surface area contributed by atoms with Gasteiger partial charge in [0.2, 0.25) is 17.7 Å². The molecule has 1 aromatic rings. The number of carbonyl (C=O) groups is 3. The summed E-state index contributed by atoms with van der Waals surface area (Å²) in [4.78, 5) is 35.0. The van der Waals surface area contributed by atoms with E-state index in [1.807, 2.05) is 0 Å². The Morgan fingerprint density at radius 1 is 1.08 bits per heavy atom. The van der Waals surface area contributed by atoms with Crippen LogP contribution in [0.1, 0.15) is 32.1 Å². The molecular formula is C17H23FN4O3. The van der Waals surface area contributed by atoms with E-state index in [9.17, 15) is 18.8 Å². The molecular weight excluding hydrogens is 327 g/mol. The number of hydrogen-bond donors (Lipinski definition) is 4. The Hall–Kier alpha value is -2.48. The highest BCUT2D eigenvalue weighted by atomic mass is 19.1. The molecule has 0 spiro atoms. The van der Waals surface area contributed by atoms with Gasteiger partial charge in [-0.15, -0.1) is 0 Å². The van der Waals surface area contributed by atoms with E-state index >= 15 is 0 Å². The number of nitrogens with two attached hydrogens (primary N) is 1. The summed E-state index contributed by atoms with van der Waals surface area (Å²) >= 11 is 0. The summed E-state index contributed by atoms with van der Waals surface area (Å²) < 4.78 is 13.9. The Balaban J connectivity index is 1.95. The van der Waals surface area contributed by atoms with Crippen molar-refractivity contribution in [1.29, 1.82) is 0 Å². The Labute approximate surface area is 145 Å². The van der Waals surface area contributed by atoms with Gasteiger partial charge in [0.05, 0.1) is 18.8 Å². The number of halogens is 1. The van der Waals surface area contributed by atoms with Crippen molar-refractivity contribution >= 4 is 29.1 Å². The summed E-state index contributed by atoms with van der Waals surface area (Å²) in [5.74, 6) is -1.79. The molecule has 2 rings (SSSR count). The number of rotatable bonds is 6. The maximum Gasteiger partial charge on any atom is 0.243 e. The van der Waals surface area contributed by atoms with Crippen LogP contribution in [0.25, 0.3) is 0 Å². The molecule has 5 N–H and O–H groups in total. The van der Waals surface area contributed by atoms with Gasteiger partial charge < -0.3 is 21.7 Å². The van der Waals surface area contributed by atoms with E-state index in [0.717, 1.165) is 32.1 Å². The molecule has 0 bridgehead atoms. The van der Waals surface area contributed by atoms with Crippen LogP contribution in [0.5, 0.6) is 0 Å². The topological polar surface area (TPSA) is 113 Å². The van der Waals surface area contributed by atoms with Crippen molar-refractivity contribution in [2.75, 3.05) is 23.7 Å². The van der Waals surface area contributed by atoms with Crippen LogP contribution in [0.15, 0.2) is 18.2 Å². The average Bonchev–Trinajstić information content (AvgIpc) is 2.63. The normalized spacial score (nSPS) is 14.6. The highest BCUT2D eigenvalue weighted by Crippen LogP contribution is 2.26. The van der Waals surface area contributed by atoms with Crippen LogP contribution in [0, 0.1) is 11.7 Å². The van der Waals surface area contributed by atoms with Crippen LogP contribution in [0.3, 0.4) is 0 Å². The van der Waals surface area contributed by atoms with E-state index in [-0.39, 0.29) is 30.6 Å². The number of hydrogen-bond acceptors (Lipinski definition) is 4. The molecule has 0 saturated heterocycles. The van der Waals surface area contributed by atoms with Crippen molar-refractivity contribution in [2.45, 2.75) is 32.1 Å². The number of amides is 3. The van der Waals surface area contributed by atoms with Crippen molar-refractivity contribution in [3.8, 4) is 0 Å². The van der Waals surface area contributed by atoms with Crippen LogP contribution in [-0.4, -0.2) is 30.8 Å². The molecule has 0 heterocycles. The van der Waals surface area contributed by atoms with E-state index in [2.05, 4.69) is 16.0 Å². The summed E-state index contributed by atoms with van der Waals surface area (Å²) in [6.45, 7) is -0.446. The van der Waals surface area contributed by atoms with Crippen LogP contribution in [0.4, 0.5) is 15.8 Å². The van der Waals surface area contributed by atoms with Crippen molar-refractivity contribution in [3.05, 3.63) is 24.0 Å². The fraction of sp³-hybridized carbons (Fsp3) is 0.471. The third-order valence-electron chi connectivity index (χ3n) is 4.12. The molecule has 0 radical (unpaired) electrons. The Kier molecular flexibility index (Phi) is 6.88. The predicted octanol–water partition coefficient (Wildman–Crippen LogP) is 1.36. The van der Waals surface area contributed by atoms with Crippen molar-refractivity contribution < 1.29 is 18.8 Å².